The van der Waals surface area contributed by atoms with Crippen LogP contribution in [0.25, 0.3) is 0 Å². The molecule has 16 heavy (non-hydrogen) atoms. The average Bonchev–Trinajstić information content (AvgIpc) is 2.29. The minimum absolute atomic E-state index is 0.0690. The number of hydrogen-bond acceptors (Lipinski definition) is 4. The van der Waals surface area contributed by atoms with Gasteiger partial charge in [0.25, 0.3) is 0 Å². The van der Waals surface area contributed by atoms with Crippen LogP contribution in [0.5, 0.6) is 0 Å². The van der Waals surface area contributed by atoms with E-state index in [-0.39, 0.29) is 5.91 Å². The van der Waals surface area contributed by atoms with Crippen molar-refractivity contribution in [1.29, 1.82) is 0 Å². The molecule has 1 heterocycles. The molecule has 4 nitrogen and oxygen atoms in total. The van der Waals surface area contributed by atoms with Gasteiger partial charge in [-0.05, 0) is 17.7 Å². The number of hydrogen-bond donors (Lipinski definition) is 2. The number of carbonyl (C=O) groups is 1. The summed E-state index contributed by atoms with van der Waals surface area (Å²) < 4.78 is 4.91. The highest BCUT2D eigenvalue weighted by Gasteiger charge is 2.14. The molecular formula is C11H14N2O2S. The molecule has 1 aliphatic rings. The molecule has 0 atom stereocenters. The molecule has 0 fully saturated rings. The van der Waals surface area contributed by atoms with Crippen LogP contribution in [0.4, 0.5) is 5.69 Å². The minimum atomic E-state index is 0.0690. The van der Waals surface area contributed by atoms with Crippen LogP contribution >= 0.6 is 11.8 Å². The maximum Gasteiger partial charge on any atom is 0.234 e. The third kappa shape index (κ3) is 2.75. The highest BCUT2D eigenvalue weighted by atomic mass is 32.2. The molecule has 0 radical (unpaired) electrons. The largest absolute Gasteiger partial charge is 0.370 e. The summed E-state index contributed by atoms with van der Waals surface area (Å²) in [7, 11) is 1.65. The smallest absolute Gasteiger partial charge is 0.234 e. The van der Waals surface area contributed by atoms with Crippen molar-refractivity contribution in [2.24, 2.45) is 0 Å². The number of rotatable bonds is 4. The Hall–Kier alpha value is -1.04. The maximum absolute atomic E-state index is 11.2. The number of ether oxygens (including phenoxy) is 1. The SMILES string of the molecule is COCNCc1ccc2c(c1)NC(=O)CS2. The molecule has 1 aromatic rings. The Kier molecular flexibility index (Phi) is 3.82. The molecular weight excluding hydrogens is 224 g/mol. The van der Waals surface area contributed by atoms with Crippen LogP contribution in [0.1, 0.15) is 5.56 Å². The van der Waals surface area contributed by atoms with E-state index in [1.807, 2.05) is 12.1 Å². The van der Waals surface area contributed by atoms with Gasteiger partial charge in [0.2, 0.25) is 5.91 Å². The third-order valence-electron chi connectivity index (χ3n) is 2.25. The van der Waals surface area contributed by atoms with Gasteiger partial charge in [0.05, 0.1) is 18.2 Å². The van der Waals surface area contributed by atoms with Crippen LogP contribution in [0.2, 0.25) is 0 Å². The minimum Gasteiger partial charge on any atom is -0.370 e. The Bertz CT molecular complexity index is 396. The van der Waals surface area contributed by atoms with E-state index in [0.29, 0.717) is 12.5 Å². The fourth-order valence-corrected chi connectivity index (χ4v) is 2.33. The van der Waals surface area contributed by atoms with Crippen LogP contribution < -0.4 is 10.6 Å². The van der Waals surface area contributed by atoms with E-state index in [1.54, 1.807) is 18.9 Å². The quantitative estimate of drug-likeness (QED) is 0.615. The predicted molar refractivity (Wildman–Crippen MR) is 64.5 cm³/mol. The second-order valence-corrected chi connectivity index (χ2v) is 4.54. The summed E-state index contributed by atoms with van der Waals surface area (Å²) in [5.74, 6) is 0.577. The van der Waals surface area contributed by atoms with E-state index in [9.17, 15) is 4.79 Å². The van der Waals surface area contributed by atoms with Crippen molar-refractivity contribution in [3.63, 3.8) is 0 Å². The Morgan fingerprint density at radius 2 is 2.44 bits per heavy atom. The van der Waals surface area contributed by atoms with Crippen molar-refractivity contribution in [1.82, 2.24) is 5.32 Å². The van der Waals surface area contributed by atoms with Gasteiger partial charge in [0.15, 0.2) is 0 Å². The van der Waals surface area contributed by atoms with Gasteiger partial charge < -0.3 is 10.1 Å². The van der Waals surface area contributed by atoms with Gasteiger partial charge in [-0.25, -0.2) is 0 Å². The van der Waals surface area contributed by atoms with Crippen molar-refractivity contribution >= 4 is 23.4 Å². The summed E-state index contributed by atoms with van der Waals surface area (Å²) in [4.78, 5) is 12.4. The molecule has 0 aliphatic carbocycles. The first kappa shape index (κ1) is 11.4. The molecule has 0 bridgehead atoms. The van der Waals surface area contributed by atoms with Gasteiger partial charge in [0.1, 0.15) is 0 Å². The number of anilines is 1. The summed E-state index contributed by atoms with van der Waals surface area (Å²) in [6, 6.07) is 6.11. The zero-order chi connectivity index (χ0) is 11.4. The number of thioether (sulfide) groups is 1. The average molecular weight is 238 g/mol. The first-order valence-electron chi connectivity index (χ1n) is 5.05. The van der Waals surface area contributed by atoms with Crippen molar-refractivity contribution in [2.45, 2.75) is 11.4 Å². The molecule has 86 valence electrons. The lowest BCUT2D eigenvalue weighted by Gasteiger charge is -2.17. The number of methoxy groups -OCH3 is 1. The van der Waals surface area contributed by atoms with Crippen molar-refractivity contribution in [2.75, 3.05) is 24.9 Å². The molecule has 5 heteroatoms. The van der Waals surface area contributed by atoms with Crippen molar-refractivity contribution in [3.05, 3.63) is 23.8 Å². The highest BCUT2D eigenvalue weighted by Crippen LogP contribution is 2.31. The number of fused-ring (bicyclic) bond motifs is 1. The number of nitrogens with one attached hydrogen (secondary N) is 2. The van der Waals surface area contributed by atoms with Crippen molar-refractivity contribution < 1.29 is 9.53 Å². The van der Waals surface area contributed by atoms with Crippen LogP contribution in [0.15, 0.2) is 23.1 Å². The molecule has 0 unspecified atom stereocenters. The van der Waals surface area contributed by atoms with E-state index in [2.05, 4.69) is 16.7 Å². The number of benzene rings is 1. The van der Waals surface area contributed by atoms with E-state index < -0.39 is 0 Å². The standard InChI is InChI=1S/C11H14N2O2S/c1-15-7-12-5-8-2-3-10-9(4-8)13-11(14)6-16-10/h2-4,12H,5-7H2,1H3,(H,13,14). The molecule has 1 amide bonds. The number of carbonyl (C=O) groups excluding carboxylic acids is 1. The zero-order valence-electron chi connectivity index (χ0n) is 9.08. The Morgan fingerprint density at radius 1 is 1.56 bits per heavy atom. The molecule has 2 N–H and O–H groups in total. The normalized spacial score (nSPS) is 14.4. The van der Waals surface area contributed by atoms with E-state index >= 15 is 0 Å². The van der Waals surface area contributed by atoms with E-state index in [1.165, 1.54) is 0 Å². The summed E-state index contributed by atoms with van der Waals surface area (Å²) in [5.41, 5.74) is 2.05. The van der Waals surface area contributed by atoms with Crippen LogP contribution in [-0.2, 0) is 16.1 Å². The molecule has 1 aromatic carbocycles. The Labute approximate surface area is 98.7 Å². The lowest BCUT2D eigenvalue weighted by molar-refractivity contribution is -0.113. The van der Waals surface area contributed by atoms with Gasteiger partial charge in [-0.2, -0.15) is 0 Å². The fourth-order valence-electron chi connectivity index (χ4n) is 1.54. The summed E-state index contributed by atoms with van der Waals surface area (Å²) in [5, 5.41) is 6.00. The first-order valence-corrected chi connectivity index (χ1v) is 6.03. The third-order valence-corrected chi connectivity index (χ3v) is 3.33. The van der Waals surface area contributed by atoms with Crippen LogP contribution in [-0.4, -0.2) is 25.5 Å². The molecule has 0 spiro atoms. The monoisotopic (exact) mass is 238 g/mol. The Morgan fingerprint density at radius 3 is 3.25 bits per heavy atom. The molecule has 0 saturated heterocycles. The molecule has 1 aliphatic heterocycles. The van der Waals surface area contributed by atoms with E-state index in [0.717, 1.165) is 22.7 Å². The Balaban J connectivity index is 2.06. The highest BCUT2D eigenvalue weighted by molar-refractivity contribution is 8.00. The zero-order valence-corrected chi connectivity index (χ0v) is 9.89. The molecule has 0 aromatic heterocycles. The van der Waals surface area contributed by atoms with Crippen LogP contribution in [0, 0.1) is 0 Å². The number of amides is 1. The summed E-state index contributed by atoms with van der Waals surface area (Å²) in [6.45, 7) is 1.26. The second-order valence-electron chi connectivity index (χ2n) is 3.53. The van der Waals surface area contributed by atoms with Crippen LogP contribution in [0.3, 0.4) is 0 Å². The van der Waals surface area contributed by atoms with Gasteiger partial charge in [-0.3, -0.25) is 10.1 Å². The van der Waals surface area contributed by atoms with E-state index in [4.69, 9.17) is 4.74 Å². The molecule has 0 saturated carbocycles. The van der Waals surface area contributed by atoms with Gasteiger partial charge >= 0.3 is 0 Å². The van der Waals surface area contributed by atoms with Gasteiger partial charge in [-0.1, -0.05) is 6.07 Å². The second kappa shape index (κ2) is 5.34. The fraction of sp³-hybridized carbons (Fsp3) is 0.364. The van der Waals surface area contributed by atoms with Gasteiger partial charge in [-0.15, -0.1) is 11.8 Å². The first-order chi connectivity index (χ1) is 7.79. The summed E-state index contributed by atoms with van der Waals surface area (Å²) in [6.07, 6.45) is 0. The summed E-state index contributed by atoms with van der Waals surface area (Å²) >= 11 is 1.58. The lowest BCUT2D eigenvalue weighted by Crippen LogP contribution is -2.20. The van der Waals surface area contributed by atoms with Crippen molar-refractivity contribution in [3.8, 4) is 0 Å². The van der Waals surface area contributed by atoms with Gasteiger partial charge in [0, 0.05) is 18.6 Å². The lowest BCUT2D eigenvalue weighted by atomic mass is 10.2. The predicted octanol–water partition coefficient (Wildman–Crippen LogP) is 1.42. The maximum atomic E-state index is 11.2. The topological polar surface area (TPSA) is 50.4 Å². The molecule has 2 rings (SSSR count).